The normalized spacial score (nSPS) is 14.5. The molecule has 0 radical (unpaired) electrons. The Morgan fingerprint density at radius 2 is 1.75 bits per heavy atom. The predicted molar refractivity (Wildman–Crippen MR) is 145 cm³/mol. The highest BCUT2D eigenvalue weighted by atomic mass is 79.9. The van der Waals surface area contributed by atoms with Gasteiger partial charge in [0, 0.05) is 46.9 Å². The van der Waals surface area contributed by atoms with Crippen LogP contribution in [0.5, 0.6) is 0 Å². The van der Waals surface area contributed by atoms with Crippen molar-refractivity contribution in [2.75, 3.05) is 36.8 Å². The number of anilines is 1. The number of amides is 2. The Hall–Kier alpha value is -2.30. The summed E-state index contributed by atoms with van der Waals surface area (Å²) in [5.41, 5.74) is 1.05. The lowest BCUT2D eigenvalue weighted by molar-refractivity contribution is 0.0240. The molecular formula is C25H31BrClN3O5S. The monoisotopic (exact) mass is 599 g/mol. The second-order valence-corrected chi connectivity index (χ2v) is 13.0. The fourth-order valence-corrected chi connectivity index (χ4v) is 5.46. The molecule has 196 valence electrons. The standard InChI is InChI=1S/C25H31BrClN3O5S/c1-5-36(33,34)30(17-18-7-6-8-21(27)13-18)23(31)19-14-20(26)16-22(15-19)28-9-11-29(12-10-28)24(32)35-25(2,3)4/h6-8,13-16H,5,9-12,17H2,1-4H3. The molecule has 36 heavy (non-hydrogen) atoms. The molecule has 0 atom stereocenters. The number of ether oxygens (including phenoxy) is 1. The van der Waals surface area contributed by atoms with E-state index in [1.165, 1.54) is 6.92 Å². The van der Waals surface area contributed by atoms with Crippen molar-refractivity contribution in [3.05, 3.63) is 63.1 Å². The average Bonchev–Trinajstić information content (AvgIpc) is 2.80. The molecular weight excluding hydrogens is 570 g/mol. The van der Waals surface area contributed by atoms with E-state index in [9.17, 15) is 18.0 Å². The Bertz CT molecular complexity index is 1220. The van der Waals surface area contributed by atoms with Crippen LogP contribution in [0.25, 0.3) is 0 Å². The summed E-state index contributed by atoms with van der Waals surface area (Å²) in [6.45, 7) is 8.90. The Morgan fingerprint density at radius 1 is 1.08 bits per heavy atom. The van der Waals surface area contributed by atoms with E-state index in [1.807, 2.05) is 26.8 Å². The molecule has 0 aliphatic carbocycles. The lowest BCUT2D eigenvalue weighted by atomic mass is 10.1. The van der Waals surface area contributed by atoms with Gasteiger partial charge in [-0.05, 0) is 63.6 Å². The second kappa shape index (κ2) is 11.4. The lowest BCUT2D eigenvalue weighted by Crippen LogP contribution is -2.50. The highest BCUT2D eigenvalue weighted by molar-refractivity contribution is 9.10. The molecule has 1 aliphatic heterocycles. The Kier molecular flexibility index (Phi) is 8.95. The highest BCUT2D eigenvalue weighted by Gasteiger charge is 2.29. The molecule has 1 heterocycles. The maximum Gasteiger partial charge on any atom is 0.410 e. The van der Waals surface area contributed by atoms with Gasteiger partial charge in [-0.25, -0.2) is 17.5 Å². The Balaban J connectivity index is 1.82. The number of sulfonamides is 1. The van der Waals surface area contributed by atoms with Crippen molar-refractivity contribution < 1.29 is 22.7 Å². The molecule has 0 bridgehead atoms. The van der Waals surface area contributed by atoms with E-state index in [0.29, 0.717) is 41.2 Å². The van der Waals surface area contributed by atoms with Crippen molar-refractivity contribution in [1.29, 1.82) is 0 Å². The largest absolute Gasteiger partial charge is 0.444 e. The second-order valence-electron chi connectivity index (χ2n) is 9.49. The summed E-state index contributed by atoms with van der Waals surface area (Å²) < 4.78 is 32.7. The topological polar surface area (TPSA) is 87.2 Å². The van der Waals surface area contributed by atoms with E-state index < -0.39 is 21.5 Å². The number of benzene rings is 2. The van der Waals surface area contributed by atoms with Crippen LogP contribution in [0, 0.1) is 0 Å². The molecule has 0 aromatic heterocycles. The Labute approximate surface area is 226 Å². The molecule has 1 fully saturated rings. The third-order valence-electron chi connectivity index (χ3n) is 5.57. The van der Waals surface area contributed by atoms with E-state index in [1.54, 1.807) is 41.3 Å². The first-order valence-electron chi connectivity index (χ1n) is 11.6. The van der Waals surface area contributed by atoms with Crippen LogP contribution in [0.3, 0.4) is 0 Å². The van der Waals surface area contributed by atoms with Crippen molar-refractivity contribution >= 4 is 55.2 Å². The predicted octanol–water partition coefficient (Wildman–Crippen LogP) is 5.15. The van der Waals surface area contributed by atoms with Crippen molar-refractivity contribution in [1.82, 2.24) is 9.21 Å². The molecule has 0 N–H and O–H groups in total. The number of piperazine rings is 1. The smallest absolute Gasteiger partial charge is 0.410 e. The molecule has 8 nitrogen and oxygen atoms in total. The summed E-state index contributed by atoms with van der Waals surface area (Å²) in [6, 6.07) is 11.9. The average molecular weight is 601 g/mol. The van der Waals surface area contributed by atoms with Crippen LogP contribution < -0.4 is 4.90 Å². The fraction of sp³-hybridized carbons (Fsp3) is 0.440. The zero-order chi connectivity index (χ0) is 26.7. The van der Waals surface area contributed by atoms with Gasteiger partial charge in [-0.15, -0.1) is 0 Å². The molecule has 3 rings (SSSR count). The summed E-state index contributed by atoms with van der Waals surface area (Å²) in [7, 11) is -3.85. The molecule has 1 aliphatic rings. The van der Waals surface area contributed by atoms with Crippen LogP contribution in [0.15, 0.2) is 46.9 Å². The molecule has 2 aromatic rings. The van der Waals surface area contributed by atoms with Gasteiger partial charge in [0.05, 0.1) is 12.3 Å². The summed E-state index contributed by atoms with van der Waals surface area (Å²) in [5, 5.41) is 0.462. The first-order valence-corrected chi connectivity index (χ1v) is 14.4. The van der Waals surface area contributed by atoms with Crippen molar-refractivity contribution in [2.45, 2.75) is 39.8 Å². The first kappa shape index (κ1) is 28.3. The van der Waals surface area contributed by atoms with Crippen LogP contribution in [0.2, 0.25) is 5.02 Å². The van der Waals surface area contributed by atoms with Gasteiger partial charge in [-0.3, -0.25) is 4.79 Å². The van der Waals surface area contributed by atoms with Gasteiger partial charge >= 0.3 is 6.09 Å². The summed E-state index contributed by atoms with van der Waals surface area (Å²) >= 11 is 9.53. The first-order chi connectivity index (χ1) is 16.8. The SMILES string of the molecule is CCS(=O)(=O)N(Cc1cccc(Cl)c1)C(=O)c1cc(Br)cc(N2CCN(C(=O)OC(C)(C)C)CC2)c1. The minimum atomic E-state index is -3.85. The van der Waals surface area contributed by atoms with Gasteiger partial charge < -0.3 is 14.5 Å². The summed E-state index contributed by atoms with van der Waals surface area (Å²) in [5.74, 6) is -0.834. The molecule has 1 saturated heterocycles. The molecule has 11 heteroatoms. The van der Waals surface area contributed by atoms with E-state index in [0.717, 1.165) is 9.99 Å². The number of rotatable bonds is 6. The molecule has 0 unspecified atom stereocenters. The number of hydrogen-bond acceptors (Lipinski definition) is 6. The minimum Gasteiger partial charge on any atom is -0.444 e. The van der Waals surface area contributed by atoms with Crippen LogP contribution in [0.1, 0.15) is 43.6 Å². The lowest BCUT2D eigenvalue weighted by Gasteiger charge is -2.37. The number of hydrogen-bond donors (Lipinski definition) is 0. The fourth-order valence-electron chi connectivity index (χ4n) is 3.75. The number of carbonyl (C=O) groups excluding carboxylic acids is 2. The summed E-state index contributed by atoms with van der Waals surface area (Å²) in [6.07, 6.45) is -0.353. The van der Waals surface area contributed by atoms with Gasteiger partial charge in [0.25, 0.3) is 5.91 Å². The number of nitrogens with zero attached hydrogens (tertiary/aromatic N) is 3. The molecule has 2 amide bonds. The van der Waals surface area contributed by atoms with E-state index in [4.69, 9.17) is 16.3 Å². The van der Waals surface area contributed by atoms with Gasteiger partial charge in [0.2, 0.25) is 10.0 Å². The number of halogens is 2. The Morgan fingerprint density at radius 3 is 2.33 bits per heavy atom. The van der Waals surface area contributed by atoms with E-state index in [2.05, 4.69) is 20.8 Å². The van der Waals surface area contributed by atoms with Crippen molar-refractivity contribution in [2.24, 2.45) is 0 Å². The van der Waals surface area contributed by atoms with Crippen molar-refractivity contribution in [3.8, 4) is 0 Å². The van der Waals surface area contributed by atoms with Gasteiger partial charge in [0.15, 0.2) is 0 Å². The van der Waals surface area contributed by atoms with E-state index >= 15 is 0 Å². The third kappa shape index (κ3) is 7.36. The van der Waals surface area contributed by atoms with E-state index in [-0.39, 0.29) is 24.0 Å². The minimum absolute atomic E-state index is 0.119. The van der Waals surface area contributed by atoms with Gasteiger partial charge in [-0.2, -0.15) is 0 Å². The maximum absolute atomic E-state index is 13.5. The van der Waals surface area contributed by atoms with Gasteiger partial charge in [0.1, 0.15) is 5.60 Å². The molecule has 0 saturated carbocycles. The highest BCUT2D eigenvalue weighted by Crippen LogP contribution is 2.27. The third-order valence-corrected chi connectivity index (χ3v) is 7.96. The van der Waals surface area contributed by atoms with Crippen molar-refractivity contribution in [3.63, 3.8) is 0 Å². The van der Waals surface area contributed by atoms with Crippen LogP contribution in [0.4, 0.5) is 10.5 Å². The zero-order valence-electron chi connectivity index (χ0n) is 20.8. The van der Waals surface area contributed by atoms with Crippen LogP contribution in [-0.2, 0) is 21.3 Å². The maximum atomic E-state index is 13.5. The molecule has 0 spiro atoms. The molecule has 2 aromatic carbocycles. The zero-order valence-corrected chi connectivity index (χ0v) is 24.0. The summed E-state index contributed by atoms with van der Waals surface area (Å²) in [4.78, 5) is 29.6. The number of carbonyl (C=O) groups is 2. The quantitative estimate of drug-likeness (QED) is 0.456. The van der Waals surface area contributed by atoms with Gasteiger partial charge in [-0.1, -0.05) is 39.7 Å². The van der Waals surface area contributed by atoms with Crippen LogP contribution >= 0.6 is 27.5 Å². The van der Waals surface area contributed by atoms with Crippen LogP contribution in [-0.4, -0.2) is 67.2 Å².